The highest BCUT2D eigenvalue weighted by Crippen LogP contribution is 2.38. The molecule has 192 valence electrons. The summed E-state index contributed by atoms with van der Waals surface area (Å²) in [5.41, 5.74) is 5.32. The first kappa shape index (κ1) is 23.9. The van der Waals surface area contributed by atoms with E-state index >= 15 is 0 Å². The van der Waals surface area contributed by atoms with Crippen LogP contribution >= 0.6 is 0 Å². The second-order valence-corrected chi connectivity index (χ2v) is 9.94. The molecule has 0 spiro atoms. The largest absolute Gasteiger partial charge is 0.371 e. The zero-order valence-electron chi connectivity index (χ0n) is 21.6. The van der Waals surface area contributed by atoms with Crippen molar-refractivity contribution in [1.82, 2.24) is 40.1 Å². The van der Waals surface area contributed by atoms with Crippen LogP contribution in [-0.4, -0.2) is 59.6 Å². The highest BCUT2D eigenvalue weighted by atomic mass is 16.2. The number of fused-ring (bicyclic) bond motifs is 2. The number of carbonyl (C=O) groups excluding carboxylic acids is 1. The van der Waals surface area contributed by atoms with Crippen LogP contribution in [0.4, 0.5) is 11.6 Å². The topological polar surface area (TPSA) is 127 Å². The number of carbonyl (C=O) groups is 1. The van der Waals surface area contributed by atoms with Gasteiger partial charge in [-0.3, -0.25) is 14.4 Å². The monoisotopic (exact) mass is 508 g/mol. The molecule has 1 saturated carbocycles. The number of nitrogens with one attached hydrogen (secondary N) is 2. The smallest absolute Gasteiger partial charge is 0.228 e. The van der Waals surface area contributed by atoms with Gasteiger partial charge in [0.1, 0.15) is 11.2 Å². The van der Waals surface area contributed by atoms with Gasteiger partial charge >= 0.3 is 0 Å². The lowest BCUT2D eigenvalue weighted by Gasteiger charge is -2.25. The SMILES string of the molecule is CNc1ncc(C#Cc2ccc(CN3CCc4c(nnn4C)C3)cn2)c2cc(NC(=O)[C@H]3C[C@H]3C)nnc12. The van der Waals surface area contributed by atoms with Gasteiger partial charge in [0.25, 0.3) is 0 Å². The molecule has 1 aliphatic carbocycles. The summed E-state index contributed by atoms with van der Waals surface area (Å²) in [6.45, 7) is 4.61. The summed E-state index contributed by atoms with van der Waals surface area (Å²) in [7, 11) is 3.72. The third-order valence-electron chi connectivity index (χ3n) is 7.18. The number of aryl methyl sites for hydroxylation is 1. The minimum Gasteiger partial charge on any atom is -0.371 e. The van der Waals surface area contributed by atoms with E-state index in [-0.39, 0.29) is 11.8 Å². The number of nitrogens with zero attached hydrogens (tertiary/aromatic N) is 8. The Hall–Kier alpha value is -4.43. The number of hydrogen-bond donors (Lipinski definition) is 2. The lowest BCUT2D eigenvalue weighted by Crippen LogP contribution is -2.30. The Morgan fingerprint density at radius 1 is 1.16 bits per heavy atom. The molecule has 0 radical (unpaired) electrons. The van der Waals surface area contributed by atoms with Crippen LogP contribution in [0, 0.1) is 23.7 Å². The highest BCUT2D eigenvalue weighted by molar-refractivity contribution is 5.97. The molecule has 2 N–H and O–H groups in total. The number of hydrogen-bond acceptors (Lipinski definition) is 9. The maximum absolute atomic E-state index is 12.4. The molecule has 0 bridgehead atoms. The fourth-order valence-electron chi connectivity index (χ4n) is 4.80. The zero-order valence-corrected chi connectivity index (χ0v) is 21.6. The van der Waals surface area contributed by atoms with Crippen molar-refractivity contribution in [2.24, 2.45) is 18.9 Å². The molecule has 11 heteroatoms. The van der Waals surface area contributed by atoms with Gasteiger partial charge < -0.3 is 10.6 Å². The second kappa shape index (κ2) is 9.79. The number of anilines is 2. The molecule has 4 aromatic rings. The Morgan fingerprint density at radius 3 is 2.79 bits per heavy atom. The lowest BCUT2D eigenvalue weighted by atomic mass is 10.1. The molecule has 2 atom stereocenters. The van der Waals surface area contributed by atoms with Crippen LogP contribution in [-0.2, 0) is 31.4 Å². The van der Waals surface area contributed by atoms with Crippen LogP contribution in [0.15, 0.2) is 30.6 Å². The molecule has 38 heavy (non-hydrogen) atoms. The maximum atomic E-state index is 12.4. The predicted octanol–water partition coefficient (Wildman–Crippen LogP) is 2.14. The Kier molecular flexibility index (Phi) is 6.17. The van der Waals surface area contributed by atoms with Crippen molar-refractivity contribution in [3.8, 4) is 11.8 Å². The van der Waals surface area contributed by atoms with Crippen molar-refractivity contribution < 1.29 is 4.79 Å². The Labute approximate surface area is 220 Å². The highest BCUT2D eigenvalue weighted by Gasteiger charge is 2.39. The Balaban J connectivity index is 1.19. The van der Waals surface area contributed by atoms with E-state index in [9.17, 15) is 4.79 Å². The van der Waals surface area contributed by atoms with Gasteiger partial charge in [-0.25, -0.2) is 9.97 Å². The van der Waals surface area contributed by atoms with E-state index in [4.69, 9.17) is 0 Å². The Bertz CT molecular complexity index is 1580. The van der Waals surface area contributed by atoms with Crippen molar-refractivity contribution in [3.05, 3.63) is 58.8 Å². The fourth-order valence-corrected chi connectivity index (χ4v) is 4.80. The van der Waals surface area contributed by atoms with Crippen molar-refractivity contribution >= 4 is 28.4 Å². The van der Waals surface area contributed by atoms with Gasteiger partial charge in [-0.05, 0) is 36.0 Å². The summed E-state index contributed by atoms with van der Waals surface area (Å²) in [6, 6.07) is 5.79. The van der Waals surface area contributed by atoms with Crippen LogP contribution in [0.25, 0.3) is 10.9 Å². The zero-order chi connectivity index (χ0) is 26.2. The number of aromatic nitrogens is 7. The van der Waals surface area contributed by atoms with E-state index in [0.29, 0.717) is 34.3 Å². The van der Waals surface area contributed by atoms with E-state index in [2.05, 4.69) is 70.8 Å². The minimum atomic E-state index is -0.0207. The summed E-state index contributed by atoms with van der Waals surface area (Å²) < 4.78 is 1.87. The molecule has 1 amide bonds. The molecule has 2 aliphatic rings. The van der Waals surface area contributed by atoms with Crippen LogP contribution in [0.5, 0.6) is 0 Å². The molecule has 0 aromatic carbocycles. The summed E-state index contributed by atoms with van der Waals surface area (Å²) in [6.07, 6.45) is 5.42. The first-order chi connectivity index (χ1) is 18.5. The Morgan fingerprint density at radius 2 is 2.03 bits per heavy atom. The molecule has 1 aliphatic heterocycles. The standard InChI is InChI=1S/C27H28N10O/c1-16-10-20(16)27(38)31-24-11-21-18(13-30-26(28-2)25(21)34-33-24)5-7-19-6-4-17(12-29-19)14-37-9-8-23-22(15-37)32-35-36(23)3/h4,6,11-13,16,20H,8-10,14-15H2,1-3H3,(H,28,30)(H,31,33,38)/t16-,20+/m1/s1. The minimum absolute atomic E-state index is 0.0207. The average Bonchev–Trinajstić information content (AvgIpc) is 3.56. The molecule has 0 saturated heterocycles. The molecule has 1 fully saturated rings. The summed E-state index contributed by atoms with van der Waals surface area (Å²) in [5, 5.41) is 23.6. The van der Waals surface area contributed by atoms with Gasteiger partial charge in [-0.2, -0.15) is 0 Å². The summed E-state index contributed by atoms with van der Waals surface area (Å²) in [4.78, 5) is 23.7. The van der Waals surface area contributed by atoms with Crippen molar-refractivity contribution in [2.45, 2.75) is 32.9 Å². The summed E-state index contributed by atoms with van der Waals surface area (Å²) in [5.74, 6) is 7.77. The fraction of sp³-hybridized carbons (Fsp3) is 0.370. The van der Waals surface area contributed by atoms with Crippen LogP contribution in [0.1, 0.15) is 41.6 Å². The number of rotatable bonds is 5. The van der Waals surface area contributed by atoms with Gasteiger partial charge in [-0.1, -0.05) is 24.1 Å². The maximum Gasteiger partial charge on any atom is 0.228 e. The molecular formula is C27H28N10O. The van der Waals surface area contributed by atoms with Crippen LogP contribution in [0.3, 0.4) is 0 Å². The molecule has 5 heterocycles. The van der Waals surface area contributed by atoms with Crippen molar-refractivity contribution in [2.75, 3.05) is 24.2 Å². The van der Waals surface area contributed by atoms with Crippen molar-refractivity contribution in [1.29, 1.82) is 0 Å². The number of pyridine rings is 2. The quantitative estimate of drug-likeness (QED) is 0.390. The van der Waals surface area contributed by atoms with Gasteiger partial charge in [-0.15, -0.1) is 15.3 Å². The van der Waals surface area contributed by atoms with E-state index in [1.807, 2.05) is 24.0 Å². The van der Waals surface area contributed by atoms with E-state index < -0.39 is 0 Å². The van der Waals surface area contributed by atoms with Gasteiger partial charge in [0.15, 0.2) is 11.6 Å². The first-order valence-corrected chi connectivity index (χ1v) is 12.7. The molecular weight excluding hydrogens is 480 g/mol. The third-order valence-corrected chi connectivity index (χ3v) is 7.18. The van der Waals surface area contributed by atoms with Crippen molar-refractivity contribution in [3.63, 3.8) is 0 Å². The third kappa shape index (κ3) is 4.78. The first-order valence-electron chi connectivity index (χ1n) is 12.7. The normalized spacial score (nSPS) is 18.4. The van der Waals surface area contributed by atoms with Gasteiger partial charge in [0.05, 0.1) is 17.0 Å². The van der Waals surface area contributed by atoms with E-state index in [0.717, 1.165) is 49.1 Å². The second-order valence-electron chi connectivity index (χ2n) is 9.94. The number of amides is 1. The predicted molar refractivity (Wildman–Crippen MR) is 142 cm³/mol. The van der Waals surface area contributed by atoms with Gasteiger partial charge in [0, 0.05) is 63.8 Å². The average molecular weight is 509 g/mol. The molecule has 4 aromatic heterocycles. The van der Waals surface area contributed by atoms with Crippen LogP contribution < -0.4 is 10.6 Å². The molecule has 11 nitrogen and oxygen atoms in total. The summed E-state index contributed by atoms with van der Waals surface area (Å²) >= 11 is 0. The van der Waals surface area contributed by atoms with Gasteiger partial charge in [0.2, 0.25) is 5.91 Å². The molecule has 0 unspecified atom stereocenters. The lowest BCUT2D eigenvalue weighted by molar-refractivity contribution is -0.117. The molecule has 6 rings (SSSR count). The van der Waals surface area contributed by atoms with E-state index in [1.54, 1.807) is 19.3 Å². The van der Waals surface area contributed by atoms with Crippen LogP contribution in [0.2, 0.25) is 0 Å². The van der Waals surface area contributed by atoms with E-state index in [1.165, 1.54) is 5.69 Å².